The third kappa shape index (κ3) is 3.72. The lowest BCUT2D eigenvalue weighted by Crippen LogP contribution is -2.30. The summed E-state index contributed by atoms with van der Waals surface area (Å²) in [6.45, 7) is 0.747. The Morgan fingerprint density at radius 1 is 1.47 bits per heavy atom. The number of benzene rings is 1. The van der Waals surface area contributed by atoms with Crippen molar-refractivity contribution >= 4 is 37.8 Å². The number of amides is 1. The highest BCUT2D eigenvalue weighted by atomic mass is 79.9. The van der Waals surface area contributed by atoms with Gasteiger partial charge in [0.15, 0.2) is 0 Å². The van der Waals surface area contributed by atoms with Crippen LogP contribution in [0.4, 0.5) is 0 Å². The zero-order chi connectivity index (χ0) is 13.9. The Labute approximate surface area is 130 Å². The van der Waals surface area contributed by atoms with Gasteiger partial charge < -0.3 is 10.1 Å². The standard InChI is InChI=1S/C14H17Br2NO2/c1-19-12-8-10(16)2-3-11(12)13(18)17-9-14(4-5-14)6-7-15/h2-3,8H,4-7,9H2,1H3,(H,17,18). The van der Waals surface area contributed by atoms with Crippen LogP contribution in [0.1, 0.15) is 29.6 Å². The molecule has 1 N–H and O–H groups in total. The fraction of sp³-hybridized carbons (Fsp3) is 0.500. The molecule has 1 aromatic carbocycles. The molecule has 3 nitrogen and oxygen atoms in total. The van der Waals surface area contributed by atoms with Crippen LogP contribution in [0.15, 0.2) is 22.7 Å². The number of carbonyl (C=O) groups is 1. The van der Waals surface area contributed by atoms with Crippen LogP contribution in [0.25, 0.3) is 0 Å². The van der Waals surface area contributed by atoms with Crippen molar-refractivity contribution in [1.82, 2.24) is 5.32 Å². The number of ether oxygens (including phenoxy) is 1. The minimum atomic E-state index is -0.0646. The summed E-state index contributed by atoms with van der Waals surface area (Å²) in [6, 6.07) is 5.44. The molecule has 5 heteroatoms. The van der Waals surface area contributed by atoms with E-state index in [1.165, 1.54) is 12.8 Å². The van der Waals surface area contributed by atoms with Crippen LogP contribution < -0.4 is 10.1 Å². The Hall–Kier alpha value is -0.550. The molecule has 1 fully saturated rings. The molecule has 1 aliphatic carbocycles. The molecule has 0 aromatic heterocycles. The molecule has 1 aliphatic rings. The van der Waals surface area contributed by atoms with E-state index in [9.17, 15) is 4.79 Å². The van der Waals surface area contributed by atoms with Gasteiger partial charge in [-0.05, 0) is 42.9 Å². The monoisotopic (exact) mass is 389 g/mol. The van der Waals surface area contributed by atoms with E-state index < -0.39 is 0 Å². The maximum atomic E-state index is 12.2. The summed E-state index contributed by atoms with van der Waals surface area (Å²) in [5.41, 5.74) is 0.905. The predicted molar refractivity (Wildman–Crippen MR) is 83.1 cm³/mol. The molecule has 0 spiro atoms. The molecule has 0 bridgehead atoms. The highest BCUT2D eigenvalue weighted by molar-refractivity contribution is 9.10. The number of hydrogen-bond acceptors (Lipinski definition) is 2. The number of nitrogens with one attached hydrogen (secondary N) is 1. The summed E-state index contributed by atoms with van der Waals surface area (Å²) in [4.78, 5) is 12.2. The third-order valence-electron chi connectivity index (χ3n) is 3.61. The molecule has 0 radical (unpaired) electrons. The summed E-state index contributed by atoms with van der Waals surface area (Å²) in [7, 11) is 1.58. The lowest BCUT2D eigenvalue weighted by atomic mass is 10.0. The second-order valence-electron chi connectivity index (χ2n) is 4.97. The van der Waals surface area contributed by atoms with Crippen molar-refractivity contribution in [3.8, 4) is 5.75 Å². The van der Waals surface area contributed by atoms with E-state index >= 15 is 0 Å². The van der Waals surface area contributed by atoms with Gasteiger partial charge in [-0.1, -0.05) is 31.9 Å². The van der Waals surface area contributed by atoms with Crippen LogP contribution >= 0.6 is 31.9 Å². The van der Waals surface area contributed by atoms with Gasteiger partial charge in [-0.3, -0.25) is 4.79 Å². The van der Waals surface area contributed by atoms with Crippen molar-refractivity contribution in [3.63, 3.8) is 0 Å². The lowest BCUT2D eigenvalue weighted by molar-refractivity contribution is 0.0941. The second-order valence-corrected chi connectivity index (χ2v) is 6.67. The molecular formula is C14H17Br2NO2. The fourth-order valence-corrected chi connectivity index (χ4v) is 3.29. The molecule has 0 atom stereocenters. The van der Waals surface area contributed by atoms with Crippen LogP contribution in [0, 0.1) is 5.41 Å². The van der Waals surface area contributed by atoms with Crippen LogP contribution in [-0.4, -0.2) is 24.9 Å². The largest absolute Gasteiger partial charge is 0.496 e. The van der Waals surface area contributed by atoms with E-state index in [0.29, 0.717) is 16.7 Å². The maximum Gasteiger partial charge on any atom is 0.255 e. The maximum absolute atomic E-state index is 12.2. The quantitative estimate of drug-likeness (QED) is 0.751. The number of carbonyl (C=O) groups excluding carboxylic acids is 1. The topological polar surface area (TPSA) is 38.3 Å². The van der Waals surface area contributed by atoms with Gasteiger partial charge in [-0.15, -0.1) is 0 Å². The first kappa shape index (κ1) is 14.9. The molecule has 0 heterocycles. The minimum absolute atomic E-state index is 0.0646. The van der Waals surface area contributed by atoms with Crippen molar-refractivity contribution in [2.75, 3.05) is 19.0 Å². The number of alkyl halides is 1. The Bertz CT molecular complexity index is 473. The number of hydrogen-bond donors (Lipinski definition) is 1. The van der Waals surface area contributed by atoms with Crippen LogP contribution in [0.2, 0.25) is 0 Å². The SMILES string of the molecule is COc1cc(Br)ccc1C(=O)NCC1(CCBr)CC1. The predicted octanol–water partition coefficient (Wildman–Crippen LogP) is 3.75. The van der Waals surface area contributed by atoms with Crippen molar-refractivity contribution in [3.05, 3.63) is 28.2 Å². The van der Waals surface area contributed by atoms with Gasteiger partial charge in [0.05, 0.1) is 12.7 Å². The molecule has 1 saturated carbocycles. The average Bonchev–Trinajstić information content (AvgIpc) is 3.16. The molecule has 1 amide bonds. The number of methoxy groups -OCH3 is 1. The van der Waals surface area contributed by atoms with E-state index in [-0.39, 0.29) is 5.91 Å². The van der Waals surface area contributed by atoms with E-state index in [4.69, 9.17) is 4.74 Å². The smallest absolute Gasteiger partial charge is 0.255 e. The molecule has 2 rings (SSSR count). The van der Waals surface area contributed by atoms with E-state index in [2.05, 4.69) is 37.2 Å². The summed E-state index contributed by atoms with van der Waals surface area (Å²) in [6.07, 6.45) is 3.53. The highest BCUT2D eigenvalue weighted by Crippen LogP contribution is 2.48. The number of halogens is 2. The molecule has 19 heavy (non-hydrogen) atoms. The Morgan fingerprint density at radius 3 is 2.79 bits per heavy atom. The number of rotatable bonds is 6. The van der Waals surface area contributed by atoms with E-state index in [1.807, 2.05) is 6.07 Å². The Kier molecular flexibility index (Phi) is 4.90. The van der Waals surface area contributed by atoms with Crippen molar-refractivity contribution in [1.29, 1.82) is 0 Å². The minimum Gasteiger partial charge on any atom is -0.496 e. The van der Waals surface area contributed by atoms with Gasteiger partial charge in [0.2, 0.25) is 0 Å². The molecule has 104 valence electrons. The van der Waals surface area contributed by atoms with E-state index in [1.54, 1.807) is 19.2 Å². The highest BCUT2D eigenvalue weighted by Gasteiger charge is 2.41. The molecular weight excluding hydrogens is 374 g/mol. The summed E-state index contributed by atoms with van der Waals surface area (Å²) in [5.74, 6) is 0.530. The van der Waals surface area contributed by atoms with Crippen LogP contribution in [0.3, 0.4) is 0 Å². The van der Waals surface area contributed by atoms with Gasteiger partial charge in [0.25, 0.3) is 5.91 Å². The van der Waals surface area contributed by atoms with Gasteiger partial charge in [-0.2, -0.15) is 0 Å². The van der Waals surface area contributed by atoms with Crippen LogP contribution in [-0.2, 0) is 0 Å². The molecule has 0 aliphatic heterocycles. The van der Waals surface area contributed by atoms with Crippen LogP contribution in [0.5, 0.6) is 5.75 Å². The van der Waals surface area contributed by atoms with Crippen molar-refractivity contribution in [2.45, 2.75) is 19.3 Å². The van der Waals surface area contributed by atoms with Crippen molar-refractivity contribution < 1.29 is 9.53 Å². The van der Waals surface area contributed by atoms with Gasteiger partial charge >= 0.3 is 0 Å². The first-order valence-electron chi connectivity index (χ1n) is 6.28. The van der Waals surface area contributed by atoms with Gasteiger partial charge in [0.1, 0.15) is 5.75 Å². The summed E-state index contributed by atoms with van der Waals surface area (Å²) < 4.78 is 6.15. The summed E-state index contributed by atoms with van der Waals surface area (Å²) >= 11 is 6.84. The zero-order valence-corrected chi connectivity index (χ0v) is 14.0. The average molecular weight is 391 g/mol. The lowest BCUT2D eigenvalue weighted by Gasteiger charge is -2.15. The van der Waals surface area contributed by atoms with E-state index in [0.717, 1.165) is 22.8 Å². The van der Waals surface area contributed by atoms with Gasteiger partial charge in [0, 0.05) is 16.3 Å². The zero-order valence-electron chi connectivity index (χ0n) is 10.8. The first-order chi connectivity index (χ1) is 9.10. The molecule has 1 aromatic rings. The Morgan fingerprint density at radius 2 is 2.21 bits per heavy atom. The third-order valence-corrected chi connectivity index (χ3v) is 4.50. The van der Waals surface area contributed by atoms with Crippen molar-refractivity contribution in [2.24, 2.45) is 5.41 Å². The van der Waals surface area contributed by atoms with Gasteiger partial charge in [-0.25, -0.2) is 0 Å². The fourth-order valence-electron chi connectivity index (χ4n) is 2.11. The molecule has 0 unspecified atom stereocenters. The first-order valence-corrected chi connectivity index (χ1v) is 8.19. The second kappa shape index (κ2) is 6.27. The Balaban J connectivity index is 2.00. The molecule has 0 saturated heterocycles. The summed E-state index contributed by atoms with van der Waals surface area (Å²) in [5, 5.41) is 4.02. The normalized spacial score (nSPS) is 15.9.